The maximum absolute atomic E-state index is 11.9. The number of fused-ring (bicyclic) bond motifs is 1. The monoisotopic (exact) mass is 418 g/mol. The van der Waals surface area contributed by atoms with E-state index in [4.69, 9.17) is 19.6 Å². The minimum Gasteiger partial charge on any atom is -0.299 e. The fraction of sp³-hybridized carbons (Fsp3) is 1.00. The van der Waals surface area contributed by atoms with Gasteiger partial charge in [0.05, 0.1) is 24.6 Å². The van der Waals surface area contributed by atoms with E-state index in [0.29, 0.717) is 25.0 Å². The molecule has 0 bridgehead atoms. The highest BCUT2D eigenvalue weighted by atomic mass is 32.2. The first-order valence-corrected chi connectivity index (χ1v) is 12.7. The normalized spacial score (nSPS) is 42.7. The highest BCUT2D eigenvalue weighted by Crippen LogP contribution is 2.39. The molecule has 9 heteroatoms. The lowest BCUT2D eigenvalue weighted by molar-refractivity contribution is -0.371. The van der Waals surface area contributed by atoms with E-state index < -0.39 is 9.84 Å². The highest BCUT2D eigenvalue weighted by Gasteiger charge is 2.44. The topological polar surface area (TPSA) is 95.1 Å². The van der Waals surface area contributed by atoms with Gasteiger partial charge in [-0.15, -0.1) is 0 Å². The first-order valence-electron chi connectivity index (χ1n) is 10.8. The van der Waals surface area contributed by atoms with Crippen molar-refractivity contribution < 1.29 is 28.0 Å². The van der Waals surface area contributed by atoms with Gasteiger partial charge in [-0.25, -0.2) is 28.0 Å². The van der Waals surface area contributed by atoms with Gasteiger partial charge in [0.1, 0.15) is 22.0 Å². The molecule has 0 aromatic carbocycles. The Morgan fingerprint density at radius 3 is 2.54 bits per heavy atom. The van der Waals surface area contributed by atoms with Crippen molar-refractivity contribution in [2.45, 2.75) is 81.0 Å². The molecule has 3 saturated heterocycles. The molecular weight excluding hydrogens is 384 g/mol. The maximum atomic E-state index is 11.9. The summed E-state index contributed by atoms with van der Waals surface area (Å²) in [6.45, 7) is 2.04. The third kappa shape index (κ3) is 5.06. The molecule has 28 heavy (non-hydrogen) atoms. The van der Waals surface area contributed by atoms with Gasteiger partial charge in [-0.1, -0.05) is 0 Å². The summed E-state index contributed by atoms with van der Waals surface area (Å²) in [5, 5.41) is 7.16. The van der Waals surface area contributed by atoms with Crippen molar-refractivity contribution in [2.24, 2.45) is 11.8 Å². The number of hydrogen-bond donors (Lipinski definition) is 2. The van der Waals surface area contributed by atoms with Gasteiger partial charge in [-0.05, 0) is 57.3 Å². The largest absolute Gasteiger partial charge is 0.299 e. The van der Waals surface area contributed by atoms with Crippen LogP contribution in [-0.4, -0.2) is 64.1 Å². The minimum atomic E-state index is -2.93. The third-order valence-corrected chi connectivity index (χ3v) is 8.61. The van der Waals surface area contributed by atoms with E-state index in [1.165, 1.54) is 6.26 Å². The van der Waals surface area contributed by atoms with Gasteiger partial charge in [-0.2, -0.15) is 0 Å². The molecule has 5 atom stereocenters. The molecule has 4 fully saturated rings. The van der Waals surface area contributed by atoms with Gasteiger partial charge in [-0.3, -0.25) is 10.6 Å². The predicted molar refractivity (Wildman–Crippen MR) is 103 cm³/mol. The molecule has 1 saturated carbocycles. The fourth-order valence-electron chi connectivity index (χ4n) is 5.26. The molecule has 0 spiro atoms. The van der Waals surface area contributed by atoms with Crippen molar-refractivity contribution in [3.8, 4) is 0 Å². The van der Waals surface area contributed by atoms with Gasteiger partial charge < -0.3 is 0 Å². The van der Waals surface area contributed by atoms with Gasteiger partial charge in [0, 0.05) is 24.8 Å². The number of piperidine rings is 1. The third-order valence-electron chi connectivity index (χ3n) is 6.93. The number of rotatable bonds is 5. The Labute approximate surface area is 167 Å². The predicted octanol–water partition coefficient (Wildman–Crippen LogP) is 1.31. The standard InChI is InChI=1S/C19H34N2O6S/c1-28(22,23)15-6-4-13(5-7-15)16-12-25-27-17-8-9-18(21-19(16)17)20-11-14-3-2-10-24-26-14/h13-21H,2-12H2,1H3. The molecule has 0 aromatic rings. The van der Waals surface area contributed by atoms with Crippen LogP contribution in [0.4, 0.5) is 0 Å². The zero-order valence-corrected chi connectivity index (χ0v) is 17.5. The van der Waals surface area contributed by atoms with Crippen LogP contribution in [0, 0.1) is 11.8 Å². The van der Waals surface area contributed by atoms with Gasteiger partial charge in [0.25, 0.3) is 0 Å². The summed E-state index contributed by atoms with van der Waals surface area (Å²) >= 11 is 0. The summed E-state index contributed by atoms with van der Waals surface area (Å²) in [6, 6.07) is 0.239. The lowest BCUT2D eigenvalue weighted by Crippen LogP contribution is -2.63. The SMILES string of the molecule is CS(=O)(=O)C1CCC(C2COOC3CCC(NCC4CCCOO4)NC32)CC1. The van der Waals surface area contributed by atoms with Gasteiger partial charge in [0.2, 0.25) is 0 Å². The van der Waals surface area contributed by atoms with E-state index in [2.05, 4.69) is 10.6 Å². The summed E-state index contributed by atoms with van der Waals surface area (Å²) in [7, 11) is -2.93. The molecule has 0 amide bonds. The lowest BCUT2D eigenvalue weighted by atomic mass is 9.73. The Kier molecular flexibility index (Phi) is 6.92. The molecule has 3 heterocycles. The molecule has 1 aliphatic carbocycles. The van der Waals surface area contributed by atoms with Crippen molar-refractivity contribution in [1.82, 2.24) is 10.6 Å². The average Bonchev–Trinajstić information content (AvgIpc) is 2.72. The van der Waals surface area contributed by atoms with Crippen LogP contribution < -0.4 is 10.6 Å². The minimum absolute atomic E-state index is 0.0682. The quantitative estimate of drug-likeness (QED) is 0.646. The van der Waals surface area contributed by atoms with E-state index in [0.717, 1.165) is 57.9 Å². The molecular formula is C19H34N2O6S. The van der Waals surface area contributed by atoms with Crippen LogP contribution in [0.25, 0.3) is 0 Å². The van der Waals surface area contributed by atoms with Crippen LogP contribution in [0.15, 0.2) is 0 Å². The second-order valence-electron chi connectivity index (χ2n) is 8.86. The van der Waals surface area contributed by atoms with Crippen LogP contribution in [-0.2, 0) is 29.4 Å². The Hall–Kier alpha value is -0.290. The average molecular weight is 419 g/mol. The first kappa shape index (κ1) is 21.0. The summed E-state index contributed by atoms with van der Waals surface area (Å²) in [5.74, 6) is 0.842. The van der Waals surface area contributed by atoms with Crippen molar-refractivity contribution in [3.63, 3.8) is 0 Å². The van der Waals surface area contributed by atoms with E-state index in [-0.39, 0.29) is 29.7 Å². The van der Waals surface area contributed by atoms with Crippen LogP contribution in [0.3, 0.4) is 0 Å². The second-order valence-corrected chi connectivity index (χ2v) is 11.2. The molecule has 0 radical (unpaired) electrons. The van der Waals surface area contributed by atoms with Gasteiger partial charge in [0.15, 0.2) is 0 Å². The Balaban J connectivity index is 1.31. The molecule has 4 rings (SSSR count). The molecule has 8 nitrogen and oxygen atoms in total. The summed E-state index contributed by atoms with van der Waals surface area (Å²) in [5.41, 5.74) is 0. The Morgan fingerprint density at radius 1 is 1.00 bits per heavy atom. The zero-order valence-electron chi connectivity index (χ0n) is 16.7. The second kappa shape index (κ2) is 9.24. The van der Waals surface area contributed by atoms with E-state index >= 15 is 0 Å². The van der Waals surface area contributed by atoms with E-state index in [1.54, 1.807) is 0 Å². The Bertz CT molecular complexity index is 604. The van der Waals surface area contributed by atoms with Gasteiger partial charge >= 0.3 is 0 Å². The Morgan fingerprint density at radius 2 is 1.82 bits per heavy atom. The van der Waals surface area contributed by atoms with Crippen molar-refractivity contribution in [3.05, 3.63) is 0 Å². The van der Waals surface area contributed by atoms with Crippen molar-refractivity contribution >= 4 is 9.84 Å². The lowest BCUT2D eigenvalue weighted by Gasteiger charge is -2.47. The van der Waals surface area contributed by atoms with E-state index in [9.17, 15) is 8.42 Å². The highest BCUT2D eigenvalue weighted by molar-refractivity contribution is 7.91. The molecule has 4 aliphatic rings. The molecule has 2 N–H and O–H groups in total. The first-order chi connectivity index (χ1) is 13.5. The molecule has 162 valence electrons. The summed E-state index contributed by atoms with van der Waals surface area (Å²) in [6.07, 6.45) is 9.18. The number of hydrogen-bond acceptors (Lipinski definition) is 8. The maximum Gasteiger partial charge on any atom is 0.150 e. The molecule has 3 aliphatic heterocycles. The van der Waals surface area contributed by atoms with Crippen LogP contribution in [0.1, 0.15) is 51.4 Å². The fourth-order valence-corrected chi connectivity index (χ4v) is 6.39. The van der Waals surface area contributed by atoms with Crippen molar-refractivity contribution in [1.29, 1.82) is 0 Å². The molecule has 5 unspecified atom stereocenters. The molecule has 0 aromatic heterocycles. The van der Waals surface area contributed by atoms with E-state index in [1.807, 2.05) is 0 Å². The number of nitrogens with one attached hydrogen (secondary N) is 2. The summed E-state index contributed by atoms with van der Waals surface area (Å²) in [4.78, 5) is 21.5. The summed E-state index contributed by atoms with van der Waals surface area (Å²) < 4.78 is 23.7. The van der Waals surface area contributed by atoms with Crippen LogP contribution in [0.5, 0.6) is 0 Å². The van der Waals surface area contributed by atoms with Crippen LogP contribution in [0.2, 0.25) is 0 Å². The zero-order chi connectivity index (χ0) is 19.6. The smallest absolute Gasteiger partial charge is 0.150 e. The number of sulfone groups is 1. The van der Waals surface area contributed by atoms with Crippen molar-refractivity contribution in [2.75, 3.05) is 26.0 Å². The van der Waals surface area contributed by atoms with Crippen LogP contribution >= 0.6 is 0 Å².